The summed E-state index contributed by atoms with van der Waals surface area (Å²) in [6.45, 7) is -0.935. The first-order valence-corrected chi connectivity index (χ1v) is 7.24. The minimum absolute atomic E-state index is 0.0169. The van der Waals surface area contributed by atoms with E-state index in [0.717, 1.165) is 6.26 Å². The summed E-state index contributed by atoms with van der Waals surface area (Å²) in [6.07, 6.45) is 0.317. The molecule has 1 heterocycles. The maximum absolute atomic E-state index is 11.1. The van der Waals surface area contributed by atoms with Crippen LogP contribution in [-0.2, 0) is 20.7 Å². The second-order valence-corrected chi connectivity index (χ2v) is 5.39. The van der Waals surface area contributed by atoms with Gasteiger partial charge < -0.3 is 4.42 Å². The predicted octanol–water partition coefficient (Wildman–Crippen LogP) is 2.17. The summed E-state index contributed by atoms with van der Waals surface area (Å²) in [6, 6.07) is 4.64. The molecule has 0 aliphatic rings. The van der Waals surface area contributed by atoms with Crippen LogP contribution in [0.2, 0.25) is 0 Å². The molecular weight excluding hydrogens is 266 g/mol. The molecule has 0 aliphatic carbocycles. The van der Waals surface area contributed by atoms with Crippen molar-refractivity contribution >= 4 is 10.1 Å². The quantitative estimate of drug-likeness (QED) is 0.787. The van der Waals surface area contributed by atoms with Gasteiger partial charge in [0, 0.05) is 12.0 Å². The molecule has 5 nitrogen and oxygen atoms in total. The number of hydrogen-bond acceptors (Lipinski definition) is 5. The fourth-order valence-electron chi connectivity index (χ4n) is 1.38. The molecule has 2 rings (SSSR count). The maximum Gasteiger partial charge on any atom is 0.264 e. The van der Waals surface area contributed by atoms with Crippen molar-refractivity contribution in [2.45, 2.75) is 13.3 Å². The van der Waals surface area contributed by atoms with Crippen LogP contribution in [0.1, 0.15) is 16.9 Å². The van der Waals surface area contributed by atoms with E-state index in [-0.39, 0.29) is 35.0 Å². The largest absolute Gasteiger partial charge is 0.441 e. The minimum atomic E-state index is -3.97. The normalized spacial score (nSPS) is 15.5. The van der Waals surface area contributed by atoms with E-state index in [0.29, 0.717) is 0 Å². The molecule has 0 spiro atoms. The van der Waals surface area contributed by atoms with Gasteiger partial charge in [0.05, 0.1) is 24.0 Å². The van der Waals surface area contributed by atoms with Crippen molar-refractivity contribution in [1.29, 1.82) is 0 Å². The van der Waals surface area contributed by atoms with Gasteiger partial charge in [-0.3, -0.25) is 4.18 Å². The molecule has 1 aromatic heterocycles. The molecule has 2 aromatic rings. The summed E-state index contributed by atoms with van der Waals surface area (Å²) in [5, 5.41) is 0. The minimum Gasteiger partial charge on any atom is -0.441 e. The van der Waals surface area contributed by atoms with Crippen LogP contribution in [-0.4, -0.2) is 26.2 Å². The summed E-state index contributed by atoms with van der Waals surface area (Å²) >= 11 is 0. The van der Waals surface area contributed by atoms with Crippen LogP contribution in [0.25, 0.3) is 11.5 Å². The zero-order valence-electron chi connectivity index (χ0n) is 14.4. The topological polar surface area (TPSA) is 69.4 Å². The number of aryl methyl sites for hydroxylation is 2. The van der Waals surface area contributed by atoms with Crippen molar-refractivity contribution in [3.8, 4) is 11.5 Å². The molecule has 0 atom stereocenters. The molecule has 0 amide bonds. The van der Waals surface area contributed by atoms with Crippen LogP contribution in [0.4, 0.5) is 0 Å². The lowest BCUT2D eigenvalue weighted by molar-refractivity contribution is 0.324. The molecule has 1 aromatic carbocycles. The molecule has 0 N–H and O–H groups in total. The Kier molecular flexibility index (Phi) is 2.71. The first-order valence-electron chi connectivity index (χ1n) is 7.42. The second-order valence-electron chi connectivity index (χ2n) is 3.82. The van der Waals surface area contributed by atoms with Crippen LogP contribution in [0.5, 0.6) is 0 Å². The van der Waals surface area contributed by atoms with E-state index in [2.05, 4.69) is 9.17 Å². The molecule has 0 fully saturated rings. The molecule has 0 saturated carbocycles. The fraction of sp³-hybridized carbons (Fsp3) is 0.308. The molecule has 0 unspecified atom stereocenters. The lowest BCUT2D eigenvalue weighted by Crippen LogP contribution is -2.06. The van der Waals surface area contributed by atoms with E-state index in [1.807, 2.05) is 0 Å². The number of rotatable bonds is 5. The lowest BCUT2D eigenvalue weighted by atomic mass is 10.2. The van der Waals surface area contributed by atoms with Gasteiger partial charge in [0.15, 0.2) is 0 Å². The lowest BCUT2D eigenvalue weighted by Gasteiger charge is -1.98. The van der Waals surface area contributed by atoms with Gasteiger partial charge in [-0.15, -0.1) is 0 Å². The van der Waals surface area contributed by atoms with Crippen LogP contribution in [0.15, 0.2) is 34.7 Å². The SMILES string of the molecule is [2H]c1cccc([2H])c1-c1nc(CC([2H])([2H])OS(C)(=O)=O)c(C)o1. The Labute approximate surface area is 118 Å². The Morgan fingerprint density at radius 3 is 2.74 bits per heavy atom. The zero-order chi connectivity index (χ0) is 17.4. The van der Waals surface area contributed by atoms with Crippen molar-refractivity contribution in [1.82, 2.24) is 4.98 Å². The van der Waals surface area contributed by atoms with Crippen molar-refractivity contribution < 1.29 is 22.5 Å². The first kappa shape index (κ1) is 9.28. The smallest absolute Gasteiger partial charge is 0.264 e. The molecule has 0 aliphatic heterocycles. The van der Waals surface area contributed by atoms with Gasteiger partial charge >= 0.3 is 0 Å². The maximum atomic E-state index is 11.1. The van der Waals surface area contributed by atoms with E-state index in [9.17, 15) is 8.42 Å². The Bertz CT molecular complexity index is 812. The van der Waals surface area contributed by atoms with E-state index < -0.39 is 23.1 Å². The summed E-state index contributed by atoms with van der Waals surface area (Å²) in [5.41, 5.74) is 0.350. The molecule has 0 bridgehead atoms. The Morgan fingerprint density at radius 1 is 1.42 bits per heavy atom. The molecule has 0 radical (unpaired) electrons. The highest BCUT2D eigenvalue weighted by Gasteiger charge is 2.12. The fourth-order valence-corrected chi connectivity index (χ4v) is 1.65. The molecule has 6 heteroatoms. The van der Waals surface area contributed by atoms with E-state index in [4.69, 9.17) is 9.90 Å². The van der Waals surface area contributed by atoms with Crippen LogP contribution >= 0.6 is 0 Å². The molecule has 102 valence electrons. The standard InChI is InChI=1S/C13H15NO4S/c1-10-12(8-9-17-19(2,15)16)14-13(18-10)11-6-4-3-5-7-11/h3-7H,8-9H2,1-2H3/i6D,7D,9D2. The van der Waals surface area contributed by atoms with Gasteiger partial charge in [-0.25, -0.2) is 4.98 Å². The monoisotopic (exact) mass is 285 g/mol. The Balaban J connectivity index is 2.36. The number of aromatic nitrogens is 1. The molecule has 19 heavy (non-hydrogen) atoms. The van der Waals surface area contributed by atoms with Crippen LogP contribution in [0.3, 0.4) is 0 Å². The zero-order valence-corrected chi connectivity index (χ0v) is 11.2. The highest BCUT2D eigenvalue weighted by Crippen LogP contribution is 2.21. The van der Waals surface area contributed by atoms with Crippen molar-refractivity contribution in [3.05, 3.63) is 41.7 Å². The highest BCUT2D eigenvalue weighted by atomic mass is 32.2. The Morgan fingerprint density at radius 2 is 2.11 bits per heavy atom. The highest BCUT2D eigenvalue weighted by molar-refractivity contribution is 7.85. The van der Waals surface area contributed by atoms with Gasteiger partial charge in [-0.05, 0) is 19.0 Å². The first-order chi connectivity index (χ1) is 10.5. The van der Waals surface area contributed by atoms with Gasteiger partial charge in [-0.2, -0.15) is 8.42 Å². The number of hydrogen-bond donors (Lipinski definition) is 0. The number of nitrogens with zero attached hydrogens (tertiary/aromatic N) is 1. The summed E-state index contributed by atoms with van der Waals surface area (Å²) in [7, 11) is -3.97. The average molecular weight is 285 g/mol. The third-order valence-electron chi connectivity index (χ3n) is 2.20. The molecular formula is C13H15NO4S. The molecule has 0 saturated heterocycles. The second kappa shape index (κ2) is 5.54. The number of benzene rings is 1. The van der Waals surface area contributed by atoms with Gasteiger partial charge in [0.2, 0.25) is 5.89 Å². The average Bonchev–Trinajstić information content (AvgIpc) is 2.66. The summed E-state index contributed by atoms with van der Waals surface area (Å²) in [5.74, 6) is 0.284. The van der Waals surface area contributed by atoms with Gasteiger partial charge in [0.25, 0.3) is 10.1 Å². The van der Waals surface area contributed by atoms with Crippen LogP contribution < -0.4 is 0 Å². The van der Waals surface area contributed by atoms with Crippen molar-refractivity contribution in [2.24, 2.45) is 0 Å². The van der Waals surface area contributed by atoms with E-state index >= 15 is 0 Å². The predicted molar refractivity (Wildman–Crippen MR) is 71.2 cm³/mol. The van der Waals surface area contributed by atoms with Gasteiger partial charge in [-0.1, -0.05) is 18.2 Å². The van der Waals surface area contributed by atoms with E-state index in [1.54, 1.807) is 13.0 Å². The van der Waals surface area contributed by atoms with Gasteiger partial charge in [0.1, 0.15) is 5.76 Å². The third-order valence-corrected chi connectivity index (χ3v) is 2.62. The third kappa shape index (κ3) is 3.90. The van der Waals surface area contributed by atoms with Crippen molar-refractivity contribution in [3.63, 3.8) is 0 Å². The van der Waals surface area contributed by atoms with E-state index in [1.165, 1.54) is 12.1 Å². The van der Waals surface area contributed by atoms with Crippen molar-refractivity contribution in [2.75, 3.05) is 12.8 Å². The summed E-state index contributed by atoms with van der Waals surface area (Å²) in [4.78, 5) is 4.10. The summed E-state index contributed by atoms with van der Waals surface area (Å²) < 4.78 is 62.9. The Hall–Kier alpha value is -1.66. The van der Waals surface area contributed by atoms with Crippen LogP contribution in [0, 0.1) is 6.92 Å². The number of oxazole rings is 1.